The number of hydrogen-bond acceptors (Lipinski definition) is 5. The number of rotatable bonds is 0. The summed E-state index contributed by atoms with van der Waals surface area (Å²) >= 11 is 0. The number of hydroxylamine groups is 2. The van der Waals surface area contributed by atoms with Crippen LogP contribution in [0.1, 0.15) is 25.7 Å². The van der Waals surface area contributed by atoms with Crippen LogP contribution in [-0.2, 0) is 19.2 Å². The van der Waals surface area contributed by atoms with Crippen LogP contribution < -0.4 is 5.32 Å². The zero-order valence-corrected chi connectivity index (χ0v) is 7.86. The second-order valence-corrected chi connectivity index (χ2v) is 3.07. The summed E-state index contributed by atoms with van der Waals surface area (Å²) in [6.45, 7) is 0. The Balaban J connectivity index is 0.000000151. The van der Waals surface area contributed by atoms with E-state index in [-0.39, 0.29) is 29.7 Å². The van der Waals surface area contributed by atoms with E-state index in [9.17, 15) is 19.2 Å². The number of nitrogens with one attached hydrogen (secondary N) is 1. The van der Waals surface area contributed by atoms with Crippen molar-refractivity contribution < 1.29 is 24.4 Å². The second kappa shape index (κ2) is 4.65. The van der Waals surface area contributed by atoms with E-state index >= 15 is 0 Å². The van der Waals surface area contributed by atoms with Gasteiger partial charge in [0.15, 0.2) is 0 Å². The van der Waals surface area contributed by atoms with Crippen molar-refractivity contribution in [2.24, 2.45) is 0 Å². The molecule has 0 unspecified atom stereocenters. The Morgan fingerprint density at radius 1 is 0.867 bits per heavy atom. The Bertz CT molecular complexity index is 295. The van der Waals surface area contributed by atoms with Crippen LogP contribution in [0.5, 0.6) is 0 Å². The molecule has 4 amide bonds. The lowest BCUT2D eigenvalue weighted by Crippen LogP contribution is -2.24. The molecule has 7 heteroatoms. The van der Waals surface area contributed by atoms with Gasteiger partial charge in [-0.05, 0) is 0 Å². The van der Waals surface area contributed by atoms with E-state index in [4.69, 9.17) is 5.21 Å². The third-order valence-electron chi connectivity index (χ3n) is 1.88. The van der Waals surface area contributed by atoms with Crippen LogP contribution in [0.3, 0.4) is 0 Å². The van der Waals surface area contributed by atoms with Crippen molar-refractivity contribution in [3.63, 3.8) is 0 Å². The first-order chi connectivity index (χ1) is 7.00. The van der Waals surface area contributed by atoms with Gasteiger partial charge in [0.1, 0.15) is 0 Å². The molecule has 0 aromatic carbocycles. The van der Waals surface area contributed by atoms with Crippen molar-refractivity contribution >= 4 is 23.6 Å². The summed E-state index contributed by atoms with van der Waals surface area (Å²) in [6.07, 6.45) is 1.04. The van der Waals surface area contributed by atoms with Crippen molar-refractivity contribution in [2.75, 3.05) is 0 Å². The average Bonchev–Trinajstić information content (AvgIpc) is 2.68. The number of amides is 4. The molecular weight excluding hydrogens is 204 g/mol. The lowest BCUT2D eigenvalue weighted by atomic mass is 10.4. The van der Waals surface area contributed by atoms with Gasteiger partial charge in [0, 0.05) is 25.7 Å². The standard InChI is InChI=1S/C4H5NO3.C4H5NO2/c6-3-1-2-4(7)5(3)8;6-3-1-2-4(7)5-3/h8H,1-2H2;1-2H2,(H,5,6,7). The van der Waals surface area contributed by atoms with Gasteiger partial charge in [0.25, 0.3) is 11.8 Å². The van der Waals surface area contributed by atoms with Gasteiger partial charge in [-0.15, -0.1) is 0 Å². The summed E-state index contributed by atoms with van der Waals surface area (Å²) in [5, 5.41) is 10.7. The molecule has 7 nitrogen and oxygen atoms in total. The smallest absolute Gasteiger partial charge is 0.253 e. The van der Waals surface area contributed by atoms with Gasteiger partial charge in [-0.1, -0.05) is 0 Å². The van der Waals surface area contributed by atoms with Crippen molar-refractivity contribution in [2.45, 2.75) is 25.7 Å². The molecule has 2 aliphatic heterocycles. The Kier molecular flexibility index (Phi) is 3.51. The van der Waals surface area contributed by atoms with E-state index in [2.05, 4.69) is 5.32 Å². The number of nitrogens with zero attached hydrogens (tertiary/aromatic N) is 1. The van der Waals surface area contributed by atoms with Crippen LogP contribution in [0, 0.1) is 0 Å². The number of carbonyl (C=O) groups excluding carboxylic acids is 4. The van der Waals surface area contributed by atoms with Gasteiger partial charge in [-0.25, -0.2) is 0 Å². The molecule has 2 fully saturated rings. The quantitative estimate of drug-likeness (QED) is 0.395. The van der Waals surface area contributed by atoms with Crippen molar-refractivity contribution in [1.82, 2.24) is 10.4 Å². The average molecular weight is 214 g/mol. The number of imide groups is 2. The fourth-order valence-electron chi connectivity index (χ4n) is 1.07. The molecule has 2 rings (SSSR count). The minimum Gasteiger partial charge on any atom is -0.296 e. The predicted molar refractivity (Wildman–Crippen MR) is 45.3 cm³/mol. The van der Waals surface area contributed by atoms with Crippen molar-refractivity contribution in [3.05, 3.63) is 0 Å². The highest BCUT2D eigenvalue weighted by atomic mass is 16.5. The maximum atomic E-state index is 10.2. The topological polar surface area (TPSA) is 104 Å². The molecule has 2 saturated heterocycles. The molecule has 2 aliphatic rings. The van der Waals surface area contributed by atoms with Gasteiger partial charge in [-0.2, -0.15) is 5.06 Å². The third-order valence-corrected chi connectivity index (χ3v) is 1.88. The number of hydrogen-bond donors (Lipinski definition) is 2. The fraction of sp³-hybridized carbons (Fsp3) is 0.500. The van der Waals surface area contributed by atoms with Gasteiger partial charge >= 0.3 is 0 Å². The highest BCUT2D eigenvalue weighted by Gasteiger charge is 2.26. The molecule has 0 radical (unpaired) electrons. The molecule has 0 saturated carbocycles. The summed E-state index contributed by atoms with van der Waals surface area (Å²) in [4.78, 5) is 40.7. The molecule has 0 aliphatic carbocycles. The molecular formula is C8H10N2O5. The van der Waals surface area contributed by atoms with Crippen LogP contribution in [0.2, 0.25) is 0 Å². The van der Waals surface area contributed by atoms with Gasteiger partial charge < -0.3 is 0 Å². The van der Waals surface area contributed by atoms with E-state index in [1.54, 1.807) is 0 Å². The van der Waals surface area contributed by atoms with Crippen LogP contribution in [0.15, 0.2) is 0 Å². The molecule has 15 heavy (non-hydrogen) atoms. The third kappa shape index (κ3) is 3.13. The first-order valence-corrected chi connectivity index (χ1v) is 4.38. The zero-order valence-electron chi connectivity index (χ0n) is 7.86. The van der Waals surface area contributed by atoms with Crippen LogP contribution in [0.25, 0.3) is 0 Å². The van der Waals surface area contributed by atoms with Crippen molar-refractivity contribution in [3.8, 4) is 0 Å². The normalized spacial score (nSPS) is 20.2. The summed E-state index contributed by atoms with van der Waals surface area (Å²) in [5.74, 6) is -1.31. The summed E-state index contributed by atoms with van der Waals surface area (Å²) < 4.78 is 0. The Morgan fingerprint density at radius 2 is 1.27 bits per heavy atom. The lowest BCUT2D eigenvalue weighted by molar-refractivity contribution is -0.171. The maximum Gasteiger partial charge on any atom is 0.253 e. The Hall–Kier alpha value is -1.76. The first-order valence-electron chi connectivity index (χ1n) is 4.38. The molecule has 0 bridgehead atoms. The monoisotopic (exact) mass is 214 g/mol. The van der Waals surface area contributed by atoms with E-state index < -0.39 is 11.8 Å². The van der Waals surface area contributed by atoms with E-state index in [0.717, 1.165) is 0 Å². The molecule has 2 heterocycles. The van der Waals surface area contributed by atoms with Crippen LogP contribution >= 0.6 is 0 Å². The SMILES string of the molecule is O=C1CCC(=O)N1.O=C1CCC(=O)N1O. The summed E-state index contributed by atoms with van der Waals surface area (Å²) in [7, 11) is 0. The van der Waals surface area contributed by atoms with E-state index in [0.29, 0.717) is 12.8 Å². The van der Waals surface area contributed by atoms with Crippen LogP contribution in [0.4, 0.5) is 0 Å². The molecule has 0 atom stereocenters. The number of carbonyl (C=O) groups is 4. The van der Waals surface area contributed by atoms with Crippen molar-refractivity contribution in [1.29, 1.82) is 0 Å². The van der Waals surface area contributed by atoms with Crippen LogP contribution in [-0.4, -0.2) is 33.9 Å². The van der Waals surface area contributed by atoms with E-state index in [1.165, 1.54) is 0 Å². The summed E-state index contributed by atoms with van der Waals surface area (Å²) in [6, 6.07) is 0. The minimum atomic E-state index is -0.505. The highest BCUT2D eigenvalue weighted by Crippen LogP contribution is 2.07. The maximum absolute atomic E-state index is 10.2. The minimum absolute atomic E-state index is 0.148. The molecule has 2 N–H and O–H groups in total. The molecule has 0 aromatic heterocycles. The Labute approximate surface area is 85.0 Å². The molecule has 0 aromatic rings. The first kappa shape index (κ1) is 11.3. The van der Waals surface area contributed by atoms with E-state index in [1.807, 2.05) is 0 Å². The second-order valence-electron chi connectivity index (χ2n) is 3.07. The summed E-state index contributed by atoms with van der Waals surface area (Å²) in [5.41, 5.74) is 0. The molecule has 0 spiro atoms. The lowest BCUT2D eigenvalue weighted by Gasteiger charge is -1.98. The zero-order chi connectivity index (χ0) is 11.4. The highest BCUT2D eigenvalue weighted by molar-refractivity contribution is 6.01. The fourth-order valence-corrected chi connectivity index (χ4v) is 1.07. The predicted octanol–water partition coefficient (Wildman–Crippen LogP) is -1.05. The van der Waals surface area contributed by atoms with Gasteiger partial charge in [0.05, 0.1) is 0 Å². The Morgan fingerprint density at radius 3 is 1.40 bits per heavy atom. The van der Waals surface area contributed by atoms with Gasteiger partial charge in [0.2, 0.25) is 11.8 Å². The largest absolute Gasteiger partial charge is 0.296 e. The van der Waals surface area contributed by atoms with Gasteiger partial charge in [-0.3, -0.25) is 29.7 Å². The molecule has 82 valence electrons.